The first-order chi connectivity index (χ1) is 17.2. The molecule has 8 atom stereocenters. The Balaban J connectivity index is 1.30. The van der Waals surface area contributed by atoms with Crippen LogP contribution in [-0.2, 0) is 19.8 Å². The van der Waals surface area contributed by atoms with E-state index in [0.717, 1.165) is 50.5 Å². The van der Waals surface area contributed by atoms with Crippen LogP contribution in [0, 0.1) is 28.6 Å². The lowest BCUT2D eigenvalue weighted by Gasteiger charge is -2.64. The maximum Gasteiger partial charge on any atom is 0.180 e. The molecule has 4 aliphatic rings. The van der Waals surface area contributed by atoms with Gasteiger partial charge in [-0.15, -0.1) is 0 Å². The van der Waals surface area contributed by atoms with Gasteiger partial charge in [0.05, 0.1) is 23.9 Å². The van der Waals surface area contributed by atoms with Crippen LogP contribution in [0.4, 0.5) is 0 Å². The van der Waals surface area contributed by atoms with E-state index in [1.54, 1.807) is 0 Å². The molecule has 3 unspecified atom stereocenters. The number of rotatable bonds is 8. The van der Waals surface area contributed by atoms with Crippen molar-refractivity contribution in [1.29, 1.82) is 0 Å². The highest BCUT2D eigenvalue weighted by Gasteiger charge is 2.72. The third-order valence-corrected chi connectivity index (χ3v) is 11.4. The van der Waals surface area contributed by atoms with Crippen LogP contribution in [0.15, 0.2) is 30.3 Å². The van der Waals surface area contributed by atoms with Crippen LogP contribution in [0.5, 0.6) is 0 Å². The monoisotopic (exact) mass is 500 g/mol. The second-order valence-electron chi connectivity index (χ2n) is 12.6. The second-order valence-corrected chi connectivity index (χ2v) is 12.6. The van der Waals surface area contributed by atoms with E-state index in [-0.39, 0.29) is 23.7 Å². The van der Waals surface area contributed by atoms with Crippen molar-refractivity contribution >= 4 is 0 Å². The van der Waals surface area contributed by atoms with E-state index in [1.807, 2.05) is 44.2 Å². The summed E-state index contributed by atoms with van der Waals surface area (Å²) in [6.45, 7) is 10.4. The molecule has 0 bridgehead atoms. The van der Waals surface area contributed by atoms with E-state index in [2.05, 4.69) is 13.8 Å². The van der Waals surface area contributed by atoms with E-state index in [0.29, 0.717) is 44.5 Å². The van der Waals surface area contributed by atoms with Gasteiger partial charge in [-0.1, -0.05) is 44.2 Å². The van der Waals surface area contributed by atoms with Crippen LogP contribution in [0.1, 0.15) is 91.0 Å². The first-order valence-electron chi connectivity index (χ1n) is 14.6. The van der Waals surface area contributed by atoms with Gasteiger partial charge in [0.1, 0.15) is 0 Å². The number of ether oxygens (including phenoxy) is 3. The molecule has 0 aliphatic heterocycles. The first-order valence-corrected chi connectivity index (χ1v) is 14.6. The zero-order valence-corrected chi connectivity index (χ0v) is 22.9. The van der Waals surface area contributed by atoms with E-state index < -0.39 is 16.6 Å². The number of benzene rings is 1. The molecule has 0 radical (unpaired) electrons. The lowest BCUT2D eigenvalue weighted by molar-refractivity contribution is -0.241. The lowest BCUT2D eigenvalue weighted by Crippen LogP contribution is -2.64. The van der Waals surface area contributed by atoms with Crippen LogP contribution in [0.3, 0.4) is 0 Å². The Bertz CT molecular complexity index is 886. The third kappa shape index (κ3) is 4.00. The van der Waals surface area contributed by atoms with E-state index in [4.69, 9.17) is 14.2 Å². The maximum absolute atomic E-state index is 12.5. The maximum atomic E-state index is 12.5. The van der Waals surface area contributed by atoms with Crippen LogP contribution < -0.4 is 0 Å². The van der Waals surface area contributed by atoms with Gasteiger partial charge < -0.3 is 24.4 Å². The fourth-order valence-corrected chi connectivity index (χ4v) is 9.26. The topological polar surface area (TPSA) is 68.2 Å². The van der Waals surface area contributed by atoms with Gasteiger partial charge in [-0.2, -0.15) is 0 Å². The van der Waals surface area contributed by atoms with Gasteiger partial charge in [0.15, 0.2) is 6.29 Å². The minimum atomic E-state index is -0.963. The molecule has 36 heavy (non-hydrogen) atoms. The molecule has 0 saturated heterocycles. The molecular formula is C31H48O5. The Labute approximate surface area is 217 Å². The molecule has 4 aliphatic carbocycles. The van der Waals surface area contributed by atoms with Gasteiger partial charge in [-0.25, -0.2) is 0 Å². The molecule has 0 spiro atoms. The van der Waals surface area contributed by atoms with Crippen LogP contribution in [0.25, 0.3) is 0 Å². The zero-order chi connectivity index (χ0) is 25.6. The molecule has 4 saturated carbocycles. The fourth-order valence-electron chi connectivity index (χ4n) is 9.26. The number of hydrogen-bond acceptors (Lipinski definition) is 5. The summed E-state index contributed by atoms with van der Waals surface area (Å²) in [5.74, 6) is 1.39. The molecule has 5 rings (SSSR count). The second kappa shape index (κ2) is 9.96. The molecule has 0 amide bonds. The molecule has 5 heteroatoms. The summed E-state index contributed by atoms with van der Waals surface area (Å²) in [5.41, 5.74) is -1.10. The number of hydrogen-bond donors (Lipinski definition) is 2. The predicted molar refractivity (Wildman–Crippen MR) is 140 cm³/mol. The Morgan fingerprint density at radius 2 is 1.58 bits per heavy atom. The fraction of sp³-hybridized carbons (Fsp3) is 0.806. The van der Waals surface area contributed by atoms with Crippen LogP contribution in [0.2, 0.25) is 0 Å². The quantitative estimate of drug-likeness (QED) is 0.441. The van der Waals surface area contributed by atoms with Gasteiger partial charge in [-0.3, -0.25) is 0 Å². The Morgan fingerprint density at radius 1 is 0.861 bits per heavy atom. The molecule has 0 aromatic heterocycles. The molecule has 5 nitrogen and oxygen atoms in total. The molecular weight excluding hydrogens is 452 g/mol. The summed E-state index contributed by atoms with van der Waals surface area (Å²) < 4.78 is 17.7. The van der Waals surface area contributed by atoms with Crippen molar-refractivity contribution in [3.63, 3.8) is 0 Å². The van der Waals surface area contributed by atoms with Crippen LogP contribution >= 0.6 is 0 Å². The van der Waals surface area contributed by atoms with Crippen molar-refractivity contribution in [1.82, 2.24) is 0 Å². The Morgan fingerprint density at radius 3 is 2.28 bits per heavy atom. The highest BCUT2D eigenvalue weighted by molar-refractivity contribution is 5.32. The minimum absolute atomic E-state index is 0.229. The van der Waals surface area contributed by atoms with Crippen molar-refractivity contribution in [2.75, 3.05) is 19.8 Å². The van der Waals surface area contributed by atoms with Gasteiger partial charge in [0.2, 0.25) is 0 Å². The largest absolute Gasteiger partial charge is 0.389 e. The van der Waals surface area contributed by atoms with Gasteiger partial charge >= 0.3 is 0 Å². The van der Waals surface area contributed by atoms with Crippen LogP contribution in [-0.4, -0.2) is 48.0 Å². The normalized spacial score (nSPS) is 44.2. The summed E-state index contributed by atoms with van der Waals surface area (Å²) in [5, 5.41) is 24.5. The van der Waals surface area contributed by atoms with Crippen molar-refractivity contribution in [2.45, 2.75) is 109 Å². The molecule has 4 fully saturated rings. The van der Waals surface area contributed by atoms with Crippen molar-refractivity contribution in [3.05, 3.63) is 35.9 Å². The summed E-state index contributed by atoms with van der Waals surface area (Å²) in [7, 11) is 0. The predicted octanol–water partition coefficient (Wildman–Crippen LogP) is 5.82. The summed E-state index contributed by atoms with van der Waals surface area (Å²) >= 11 is 0. The van der Waals surface area contributed by atoms with Crippen molar-refractivity contribution in [2.24, 2.45) is 28.6 Å². The van der Waals surface area contributed by atoms with E-state index in [9.17, 15) is 10.2 Å². The molecule has 202 valence electrons. The standard InChI is InChI=1S/C31H48O5/c1-5-34-27(35-6-2)21-36-24-14-16-28(3)23(20-24)12-13-26-25(28)15-17-29(4)30(32,18-19-31(26,29)33)22-10-8-7-9-11-22/h7-11,23-27,32-33H,5-6,12-21H2,1-4H3/t23?,24?,25-,26-,28+,29-,30?,31-/m1/s1. The van der Waals surface area contributed by atoms with E-state index >= 15 is 0 Å². The van der Waals surface area contributed by atoms with Gasteiger partial charge in [0, 0.05) is 18.6 Å². The molecule has 0 heterocycles. The van der Waals surface area contributed by atoms with E-state index in [1.165, 1.54) is 0 Å². The summed E-state index contributed by atoms with van der Waals surface area (Å²) in [6.07, 6.45) is 8.77. The minimum Gasteiger partial charge on any atom is -0.389 e. The average molecular weight is 501 g/mol. The Kier molecular flexibility index (Phi) is 7.37. The molecule has 1 aromatic carbocycles. The molecule has 2 N–H and O–H groups in total. The van der Waals surface area contributed by atoms with Gasteiger partial charge in [0.25, 0.3) is 0 Å². The number of fused-ring (bicyclic) bond motifs is 5. The zero-order valence-electron chi connectivity index (χ0n) is 22.9. The smallest absolute Gasteiger partial charge is 0.180 e. The summed E-state index contributed by atoms with van der Waals surface area (Å²) in [6, 6.07) is 10.1. The van der Waals surface area contributed by atoms with Gasteiger partial charge in [-0.05, 0) is 100 Å². The Hall–Kier alpha value is -0.980. The number of aliphatic hydroxyl groups is 2. The highest BCUT2D eigenvalue weighted by Crippen LogP contribution is 2.71. The highest BCUT2D eigenvalue weighted by atomic mass is 16.7. The first kappa shape index (κ1) is 26.6. The van der Waals surface area contributed by atoms with Crippen molar-refractivity contribution < 1.29 is 24.4 Å². The molecule has 1 aromatic rings. The van der Waals surface area contributed by atoms with Crippen molar-refractivity contribution in [3.8, 4) is 0 Å². The average Bonchev–Trinajstić information content (AvgIpc) is 3.10. The SMILES string of the molecule is CCOC(COC1CC[C@@]2(C)C(CC[C@@H]3[C@H]2CC[C@]2(C)C(O)(c4ccccc4)CC[C@@]32O)C1)OCC. The summed E-state index contributed by atoms with van der Waals surface area (Å²) in [4.78, 5) is 0. The lowest BCUT2D eigenvalue weighted by atomic mass is 9.43. The third-order valence-electron chi connectivity index (χ3n) is 11.4.